The van der Waals surface area contributed by atoms with E-state index >= 15 is 0 Å². The summed E-state index contributed by atoms with van der Waals surface area (Å²) < 4.78 is 4.24. The van der Waals surface area contributed by atoms with E-state index in [4.69, 9.17) is 30.3 Å². The van der Waals surface area contributed by atoms with Gasteiger partial charge in [-0.15, -0.1) is 0 Å². The predicted octanol–water partition coefficient (Wildman–Crippen LogP) is 11.9. The first kappa shape index (κ1) is 35.5. The fourth-order valence-corrected chi connectivity index (χ4v) is 5.18. The summed E-state index contributed by atoms with van der Waals surface area (Å²) in [5.41, 5.74) is 8.06. The molecule has 0 spiro atoms. The summed E-state index contributed by atoms with van der Waals surface area (Å²) in [4.78, 5) is 18.3. The average Bonchev–Trinajstić information content (AvgIpc) is 3.03. The molecule has 2 heterocycles. The second-order valence-corrected chi connectivity index (χ2v) is 18.0. The summed E-state index contributed by atoms with van der Waals surface area (Å²) in [5.74, 6) is 0. The maximum atomic E-state index is 4.89. The van der Waals surface area contributed by atoms with Gasteiger partial charge in [-0.3, -0.25) is 20.0 Å². The third-order valence-electron chi connectivity index (χ3n) is 6.03. The number of halogens is 7. The van der Waals surface area contributed by atoms with Gasteiger partial charge in [0.2, 0.25) is 0 Å². The summed E-state index contributed by atoms with van der Waals surface area (Å²) in [7, 11) is 14.7. The first-order chi connectivity index (χ1) is 21.2. The Morgan fingerprint density at radius 3 is 0.955 bits per heavy atom. The molecule has 1 aliphatic heterocycles. The van der Waals surface area contributed by atoms with Crippen LogP contribution in [0.5, 0.6) is 0 Å². The van der Waals surface area contributed by atoms with Crippen molar-refractivity contribution in [3.63, 3.8) is 0 Å². The minimum atomic E-state index is -1.33. The number of aliphatic imine (C=N–C) groups is 2. The van der Waals surface area contributed by atoms with Crippen molar-refractivity contribution >= 4 is 105 Å². The number of rotatable bonds is 4. The van der Waals surface area contributed by atoms with Gasteiger partial charge in [0.1, 0.15) is 0 Å². The number of aromatic nitrogens is 2. The normalized spacial score (nSPS) is 12.5. The van der Waals surface area contributed by atoms with Crippen molar-refractivity contribution in [1.29, 1.82) is 0 Å². The summed E-state index contributed by atoms with van der Waals surface area (Å²) >= 11 is 12.5. The summed E-state index contributed by atoms with van der Waals surface area (Å²) in [6.45, 7) is 1.51. The zero-order valence-electron chi connectivity index (χ0n) is 22.6. The van der Waals surface area contributed by atoms with Crippen molar-refractivity contribution in [1.82, 2.24) is 9.97 Å². The van der Waals surface area contributed by atoms with E-state index in [0.29, 0.717) is 0 Å². The Morgan fingerprint density at radius 2 is 0.682 bits per heavy atom. The van der Waals surface area contributed by atoms with Crippen LogP contribution in [0.15, 0.2) is 137 Å². The van der Waals surface area contributed by atoms with Crippen LogP contribution in [0, 0.1) is 0 Å². The van der Waals surface area contributed by atoms with E-state index in [0.717, 1.165) is 76.0 Å². The molecule has 4 nitrogen and oxygen atoms in total. The van der Waals surface area contributed by atoms with E-state index in [-0.39, 0.29) is 0 Å². The maximum absolute atomic E-state index is 4.89. The third-order valence-corrected chi connectivity index (χ3v) is 8.15. The van der Waals surface area contributed by atoms with Gasteiger partial charge in [-0.05, 0) is 48.5 Å². The van der Waals surface area contributed by atoms with Crippen LogP contribution in [0.1, 0.15) is 11.1 Å². The van der Waals surface area contributed by atoms with Crippen molar-refractivity contribution in [2.75, 3.05) is 13.1 Å². The molecule has 227 valence electrons. The van der Waals surface area contributed by atoms with Crippen LogP contribution in [0.2, 0.25) is 0 Å². The molecule has 0 saturated heterocycles. The van der Waals surface area contributed by atoms with E-state index < -0.39 is 11.2 Å². The standard InChI is InChI=1S/C16H12Br2N2.C16H10Br2N2.3ClH.Fe/c2*17-13-5-1-11(2-6-13)15-16(20-10-9-19-15)12-3-7-14(18)8-4-12;;;;/h1-8H,9-10H2;1-10H;3*1H;/q;;;;;+3/p-3. The molecule has 12 heteroatoms. The first-order valence-corrected chi connectivity index (χ1v) is 20.5. The molecule has 5 aromatic rings. The minimum absolute atomic E-state index is 0.755. The molecular formula is C32H22Br4Cl3FeN4. The van der Waals surface area contributed by atoms with E-state index in [9.17, 15) is 0 Å². The topological polar surface area (TPSA) is 50.5 Å². The third kappa shape index (κ3) is 10.9. The van der Waals surface area contributed by atoms with E-state index in [1.54, 1.807) is 12.4 Å². The van der Waals surface area contributed by atoms with Crippen molar-refractivity contribution in [2.45, 2.75) is 0 Å². The molecule has 0 saturated carbocycles. The molecular weight excluding hydrogens is 922 g/mol. The Hall–Kier alpha value is -1.39. The summed E-state index contributed by atoms with van der Waals surface area (Å²) in [6, 6.07) is 32.6. The van der Waals surface area contributed by atoms with Crippen LogP contribution >= 0.6 is 94.0 Å². The van der Waals surface area contributed by atoms with Crippen molar-refractivity contribution in [2.24, 2.45) is 9.98 Å². The molecule has 4 aromatic carbocycles. The Kier molecular flexibility index (Phi) is 14.6. The van der Waals surface area contributed by atoms with Gasteiger partial charge in [0.15, 0.2) is 0 Å². The molecule has 0 amide bonds. The quantitative estimate of drug-likeness (QED) is 0.169. The van der Waals surface area contributed by atoms with Gasteiger partial charge >= 0.3 is 41.5 Å². The van der Waals surface area contributed by atoms with Gasteiger partial charge in [-0.25, -0.2) is 0 Å². The van der Waals surface area contributed by atoms with E-state index in [1.165, 1.54) is 0 Å². The van der Waals surface area contributed by atoms with Crippen LogP contribution in [0.25, 0.3) is 22.5 Å². The number of benzene rings is 4. The summed E-state index contributed by atoms with van der Waals surface area (Å²) in [6.07, 6.45) is 3.44. The number of nitrogens with zero attached hydrogens (tertiary/aromatic N) is 4. The van der Waals surface area contributed by atoms with Gasteiger partial charge in [-0.2, -0.15) is 0 Å². The van der Waals surface area contributed by atoms with E-state index in [2.05, 4.69) is 108 Å². The van der Waals surface area contributed by atoms with Gasteiger partial charge < -0.3 is 0 Å². The first-order valence-electron chi connectivity index (χ1n) is 12.8. The van der Waals surface area contributed by atoms with Crippen LogP contribution in [0.4, 0.5) is 0 Å². The molecule has 0 atom stereocenters. The van der Waals surface area contributed by atoms with Gasteiger partial charge in [0.05, 0.1) is 35.9 Å². The van der Waals surface area contributed by atoms with Crippen molar-refractivity contribution < 1.29 is 11.2 Å². The summed E-state index contributed by atoms with van der Waals surface area (Å²) in [5, 5.41) is 0. The average molecular weight is 944 g/mol. The van der Waals surface area contributed by atoms with Gasteiger partial charge in [-0.1, -0.05) is 112 Å². The van der Waals surface area contributed by atoms with Crippen molar-refractivity contribution in [3.8, 4) is 22.5 Å². The molecule has 6 rings (SSSR count). The Morgan fingerprint density at radius 1 is 0.432 bits per heavy atom. The number of hydrogen-bond donors (Lipinski definition) is 0. The Labute approximate surface area is 307 Å². The number of hydrogen-bond acceptors (Lipinski definition) is 4. The second kappa shape index (κ2) is 18.1. The molecule has 1 aromatic heterocycles. The second-order valence-electron chi connectivity index (χ2n) is 8.89. The van der Waals surface area contributed by atoms with Gasteiger partial charge in [0.25, 0.3) is 0 Å². The fraction of sp³-hybridized carbons (Fsp3) is 0.0625. The fourth-order valence-electron chi connectivity index (χ4n) is 4.12. The zero-order chi connectivity index (χ0) is 31.5. The Bertz CT molecular complexity index is 1590. The molecule has 0 bridgehead atoms. The molecule has 0 aliphatic carbocycles. The zero-order valence-corrected chi connectivity index (χ0v) is 32.3. The van der Waals surface area contributed by atoms with Crippen LogP contribution in [-0.2, 0) is 11.2 Å². The predicted molar refractivity (Wildman–Crippen MR) is 197 cm³/mol. The molecule has 0 unspecified atom stereocenters. The van der Waals surface area contributed by atoms with E-state index in [1.807, 2.05) is 72.8 Å². The molecule has 44 heavy (non-hydrogen) atoms. The van der Waals surface area contributed by atoms with Crippen LogP contribution in [-0.4, -0.2) is 34.5 Å². The Balaban J connectivity index is 0.000000179. The monoisotopic (exact) mass is 939 g/mol. The van der Waals surface area contributed by atoms with Crippen LogP contribution < -0.4 is 0 Å². The van der Waals surface area contributed by atoms with Crippen molar-refractivity contribution in [3.05, 3.63) is 138 Å². The molecule has 0 radical (unpaired) electrons. The van der Waals surface area contributed by atoms with Crippen LogP contribution in [0.3, 0.4) is 0 Å². The molecule has 1 aliphatic rings. The SMILES string of the molecule is Brc1ccc(-c2nccnc2-c2ccc(Br)cc2)cc1.Brc1ccc(C2=NCCN=C2c2ccc(Br)cc2)cc1.[Cl][Fe]([Cl])[Cl]. The molecule has 0 N–H and O–H groups in total. The van der Waals surface area contributed by atoms with Gasteiger partial charge in [0, 0.05) is 52.5 Å². The molecule has 0 fully saturated rings.